The minimum atomic E-state index is -0.446. The maximum absolute atomic E-state index is 9.81. The van der Waals surface area contributed by atoms with Crippen LogP contribution in [0.15, 0.2) is 30.3 Å². The van der Waals surface area contributed by atoms with Crippen molar-refractivity contribution in [2.24, 2.45) is 5.92 Å². The van der Waals surface area contributed by atoms with Crippen molar-refractivity contribution in [2.45, 2.75) is 25.6 Å². The van der Waals surface area contributed by atoms with Gasteiger partial charge < -0.3 is 19.9 Å². The zero-order chi connectivity index (χ0) is 14.0. The Balaban J connectivity index is 1.46. The zero-order valence-electron chi connectivity index (χ0n) is 12.0. The topological polar surface area (TPSA) is 50.7 Å². The van der Waals surface area contributed by atoms with Gasteiger partial charge in [0.25, 0.3) is 0 Å². The molecule has 2 unspecified atom stereocenters. The van der Waals surface area contributed by atoms with Gasteiger partial charge in [-0.25, -0.2) is 0 Å². The lowest BCUT2D eigenvalue weighted by Gasteiger charge is -2.13. The summed E-state index contributed by atoms with van der Waals surface area (Å²) in [5.41, 5.74) is 1.13. The van der Waals surface area contributed by atoms with Crippen LogP contribution >= 0.6 is 0 Å². The lowest BCUT2D eigenvalue weighted by Crippen LogP contribution is -2.31. The van der Waals surface area contributed by atoms with E-state index in [2.05, 4.69) is 5.32 Å². The molecule has 0 aromatic heterocycles. The SMILES string of the molecule is OC(CNCCC1CCOC1)COCc1ccccc1. The van der Waals surface area contributed by atoms with Crippen molar-refractivity contribution < 1.29 is 14.6 Å². The molecular weight excluding hydrogens is 254 g/mol. The molecule has 2 rings (SSSR count). The number of hydrogen-bond acceptors (Lipinski definition) is 4. The summed E-state index contributed by atoms with van der Waals surface area (Å²) in [5.74, 6) is 0.689. The molecule has 20 heavy (non-hydrogen) atoms. The average Bonchev–Trinajstić information content (AvgIpc) is 2.98. The number of aliphatic hydroxyl groups excluding tert-OH is 1. The van der Waals surface area contributed by atoms with E-state index in [0.717, 1.165) is 31.7 Å². The Labute approximate surface area is 121 Å². The van der Waals surface area contributed by atoms with Gasteiger partial charge in [0.15, 0.2) is 0 Å². The number of ether oxygens (including phenoxy) is 2. The van der Waals surface area contributed by atoms with Crippen LogP contribution in [0, 0.1) is 5.92 Å². The van der Waals surface area contributed by atoms with E-state index < -0.39 is 6.10 Å². The molecule has 1 fully saturated rings. The van der Waals surface area contributed by atoms with Crippen LogP contribution in [0.3, 0.4) is 0 Å². The minimum Gasteiger partial charge on any atom is -0.389 e. The quantitative estimate of drug-likeness (QED) is 0.674. The van der Waals surface area contributed by atoms with Crippen molar-refractivity contribution >= 4 is 0 Å². The second kappa shape index (κ2) is 9.08. The summed E-state index contributed by atoms with van der Waals surface area (Å²) in [7, 11) is 0. The molecule has 2 atom stereocenters. The normalized spacial score (nSPS) is 20.1. The first kappa shape index (κ1) is 15.4. The van der Waals surface area contributed by atoms with Crippen molar-refractivity contribution in [3.8, 4) is 0 Å². The van der Waals surface area contributed by atoms with Crippen molar-refractivity contribution in [3.05, 3.63) is 35.9 Å². The molecule has 0 amide bonds. The molecule has 1 saturated heterocycles. The van der Waals surface area contributed by atoms with E-state index in [9.17, 15) is 5.11 Å². The van der Waals surface area contributed by atoms with Crippen LogP contribution in [0.25, 0.3) is 0 Å². The van der Waals surface area contributed by atoms with Gasteiger partial charge in [-0.2, -0.15) is 0 Å². The number of nitrogens with one attached hydrogen (secondary N) is 1. The maximum atomic E-state index is 9.81. The minimum absolute atomic E-state index is 0.369. The lowest BCUT2D eigenvalue weighted by atomic mass is 10.1. The summed E-state index contributed by atoms with van der Waals surface area (Å²) in [6.45, 7) is 4.24. The lowest BCUT2D eigenvalue weighted by molar-refractivity contribution is 0.0288. The molecule has 1 aliphatic rings. The second-order valence-corrected chi connectivity index (χ2v) is 5.38. The number of rotatable bonds is 9. The van der Waals surface area contributed by atoms with Crippen LogP contribution in [0.1, 0.15) is 18.4 Å². The third-order valence-electron chi connectivity index (χ3n) is 3.56. The van der Waals surface area contributed by atoms with Crippen molar-refractivity contribution in [2.75, 3.05) is 32.9 Å². The van der Waals surface area contributed by atoms with Crippen LogP contribution in [-0.4, -0.2) is 44.1 Å². The third-order valence-corrected chi connectivity index (χ3v) is 3.56. The van der Waals surface area contributed by atoms with Gasteiger partial charge >= 0.3 is 0 Å². The zero-order valence-corrected chi connectivity index (χ0v) is 12.0. The van der Waals surface area contributed by atoms with Crippen LogP contribution < -0.4 is 5.32 Å². The van der Waals surface area contributed by atoms with E-state index in [1.54, 1.807) is 0 Å². The highest BCUT2D eigenvalue weighted by molar-refractivity contribution is 5.13. The molecule has 1 aromatic carbocycles. The Morgan fingerprint density at radius 3 is 2.95 bits per heavy atom. The fourth-order valence-electron chi connectivity index (χ4n) is 2.33. The van der Waals surface area contributed by atoms with Crippen molar-refractivity contribution in [3.63, 3.8) is 0 Å². The van der Waals surface area contributed by atoms with E-state index >= 15 is 0 Å². The number of aliphatic hydroxyl groups is 1. The number of hydrogen-bond donors (Lipinski definition) is 2. The maximum Gasteiger partial charge on any atom is 0.0897 e. The third kappa shape index (κ3) is 6.01. The predicted molar refractivity (Wildman–Crippen MR) is 78.5 cm³/mol. The molecule has 0 saturated carbocycles. The molecule has 1 aliphatic heterocycles. The Bertz CT molecular complexity index is 352. The van der Waals surface area contributed by atoms with Gasteiger partial charge in [-0.15, -0.1) is 0 Å². The largest absolute Gasteiger partial charge is 0.389 e. The van der Waals surface area contributed by atoms with Crippen molar-refractivity contribution in [1.29, 1.82) is 0 Å². The highest BCUT2D eigenvalue weighted by Gasteiger charge is 2.14. The Morgan fingerprint density at radius 2 is 2.20 bits per heavy atom. The molecule has 0 aliphatic carbocycles. The smallest absolute Gasteiger partial charge is 0.0897 e. The highest BCUT2D eigenvalue weighted by atomic mass is 16.5. The van der Waals surface area contributed by atoms with Gasteiger partial charge in [-0.05, 0) is 30.9 Å². The fourth-order valence-corrected chi connectivity index (χ4v) is 2.33. The highest BCUT2D eigenvalue weighted by Crippen LogP contribution is 2.15. The van der Waals surface area contributed by atoms with E-state index in [1.165, 1.54) is 6.42 Å². The molecule has 1 aromatic rings. The first-order chi connectivity index (χ1) is 9.84. The van der Waals surface area contributed by atoms with Crippen molar-refractivity contribution in [1.82, 2.24) is 5.32 Å². The van der Waals surface area contributed by atoms with Gasteiger partial charge in [0.2, 0.25) is 0 Å². The van der Waals surface area contributed by atoms with Crippen LogP contribution in [0.2, 0.25) is 0 Å². The Morgan fingerprint density at radius 1 is 1.35 bits per heavy atom. The molecule has 1 heterocycles. The predicted octanol–water partition coefficient (Wildman–Crippen LogP) is 1.58. The summed E-state index contributed by atoms with van der Waals surface area (Å²) in [5, 5.41) is 13.1. The fraction of sp³-hybridized carbons (Fsp3) is 0.625. The monoisotopic (exact) mass is 279 g/mol. The molecule has 2 N–H and O–H groups in total. The summed E-state index contributed by atoms with van der Waals surface area (Å²) in [4.78, 5) is 0. The molecule has 4 nitrogen and oxygen atoms in total. The van der Waals surface area contributed by atoms with Crippen LogP contribution in [-0.2, 0) is 16.1 Å². The molecule has 112 valence electrons. The van der Waals surface area contributed by atoms with E-state index in [0.29, 0.717) is 25.7 Å². The molecule has 0 bridgehead atoms. The van der Waals surface area contributed by atoms with Gasteiger partial charge in [-0.1, -0.05) is 30.3 Å². The van der Waals surface area contributed by atoms with Gasteiger partial charge in [0, 0.05) is 19.8 Å². The van der Waals surface area contributed by atoms with E-state index in [4.69, 9.17) is 9.47 Å². The van der Waals surface area contributed by atoms with Gasteiger partial charge in [0.05, 0.1) is 19.3 Å². The van der Waals surface area contributed by atoms with E-state index in [-0.39, 0.29) is 0 Å². The molecular formula is C16H25NO3. The summed E-state index contributed by atoms with van der Waals surface area (Å²) < 4.78 is 10.8. The molecule has 0 spiro atoms. The average molecular weight is 279 g/mol. The first-order valence-corrected chi connectivity index (χ1v) is 7.43. The Hall–Kier alpha value is -0.940. The first-order valence-electron chi connectivity index (χ1n) is 7.43. The van der Waals surface area contributed by atoms with Crippen LogP contribution in [0.4, 0.5) is 0 Å². The molecule has 4 heteroatoms. The summed E-state index contributed by atoms with van der Waals surface area (Å²) >= 11 is 0. The molecule has 0 radical (unpaired) electrons. The number of benzene rings is 1. The summed E-state index contributed by atoms with van der Waals surface area (Å²) in [6, 6.07) is 10.0. The van der Waals surface area contributed by atoms with E-state index in [1.807, 2.05) is 30.3 Å². The van der Waals surface area contributed by atoms with Gasteiger partial charge in [-0.3, -0.25) is 0 Å². The second-order valence-electron chi connectivity index (χ2n) is 5.38. The Kier molecular flexibility index (Phi) is 7.01. The summed E-state index contributed by atoms with van der Waals surface area (Å²) in [6.07, 6.45) is 1.85. The van der Waals surface area contributed by atoms with Gasteiger partial charge in [0.1, 0.15) is 0 Å². The van der Waals surface area contributed by atoms with Crippen LogP contribution in [0.5, 0.6) is 0 Å². The standard InChI is InChI=1S/C16H25NO3/c18-16(10-17-8-6-15-7-9-19-11-15)13-20-12-14-4-2-1-3-5-14/h1-5,15-18H,6-13H2.